The smallest absolute Gasteiger partial charge is 0.119 e. The van der Waals surface area contributed by atoms with Gasteiger partial charge in [0.05, 0.1) is 0 Å². The zero-order chi connectivity index (χ0) is 14.5. The second-order valence-electron chi connectivity index (χ2n) is 6.05. The standard InChI is InChI=1S/C19H23NO/c1-16-11-12-20(13-16)14-17-7-9-19(10-8-17)21-15-18-5-3-2-4-6-18/h2-10,16H,11-15H2,1H3/t16-/m1/s1. The molecule has 110 valence electrons. The first-order valence-corrected chi connectivity index (χ1v) is 7.77. The van der Waals surface area contributed by atoms with Crippen LogP contribution in [0.5, 0.6) is 5.75 Å². The monoisotopic (exact) mass is 281 g/mol. The molecule has 0 amide bonds. The molecular formula is C19H23NO. The number of likely N-dealkylation sites (tertiary alicyclic amines) is 1. The van der Waals surface area contributed by atoms with E-state index in [-0.39, 0.29) is 0 Å². The molecule has 1 fully saturated rings. The van der Waals surface area contributed by atoms with Gasteiger partial charge in [-0.3, -0.25) is 4.90 Å². The fraction of sp³-hybridized carbons (Fsp3) is 0.368. The van der Waals surface area contributed by atoms with Crippen LogP contribution in [0.25, 0.3) is 0 Å². The minimum absolute atomic E-state index is 0.629. The van der Waals surface area contributed by atoms with Crippen LogP contribution in [0.4, 0.5) is 0 Å². The number of benzene rings is 2. The van der Waals surface area contributed by atoms with Gasteiger partial charge in [-0.15, -0.1) is 0 Å². The molecule has 0 N–H and O–H groups in total. The predicted octanol–water partition coefficient (Wildman–Crippen LogP) is 4.11. The summed E-state index contributed by atoms with van der Waals surface area (Å²) in [6, 6.07) is 18.8. The minimum atomic E-state index is 0.629. The Labute approximate surface area is 127 Å². The van der Waals surface area contributed by atoms with Crippen LogP contribution in [-0.2, 0) is 13.2 Å². The SMILES string of the molecule is C[C@@H]1CCN(Cc2ccc(OCc3ccccc3)cc2)C1. The molecule has 21 heavy (non-hydrogen) atoms. The van der Waals surface area contributed by atoms with Gasteiger partial charge in [0.25, 0.3) is 0 Å². The van der Waals surface area contributed by atoms with Crippen molar-refractivity contribution in [3.05, 3.63) is 65.7 Å². The molecule has 0 aliphatic carbocycles. The Hall–Kier alpha value is -1.80. The molecule has 1 heterocycles. The van der Waals surface area contributed by atoms with Crippen molar-refractivity contribution < 1.29 is 4.74 Å². The Morgan fingerprint density at radius 1 is 1.00 bits per heavy atom. The molecule has 1 aliphatic rings. The minimum Gasteiger partial charge on any atom is -0.489 e. The molecule has 2 aromatic rings. The lowest BCUT2D eigenvalue weighted by atomic mass is 10.2. The van der Waals surface area contributed by atoms with E-state index >= 15 is 0 Å². The Kier molecular flexibility index (Phi) is 4.56. The van der Waals surface area contributed by atoms with Crippen molar-refractivity contribution in [3.63, 3.8) is 0 Å². The van der Waals surface area contributed by atoms with Crippen LogP contribution in [0.1, 0.15) is 24.5 Å². The van der Waals surface area contributed by atoms with Crippen LogP contribution in [0.3, 0.4) is 0 Å². The normalized spacial score (nSPS) is 18.8. The van der Waals surface area contributed by atoms with Crippen molar-refractivity contribution in [1.29, 1.82) is 0 Å². The van der Waals surface area contributed by atoms with Gasteiger partial charge in [0, 0.05) is 13.1 Å². The van der Waals surface area contributed by atoms with E-state index in [0.29, 0.717) is 6.61 Å². The topological polar surface area (TPSA) is 12.5 Å². The summed E-state index contributed by atoms with van der Waals surface area (Å²) in [5.74, 6) is 1.79. The lowest BCUT2D eigenvalue weighted by molar-refractivity contribution is 0.304. The molecule has 1 aliphatic heterocycles. The van der Waals surface area contributed by atoms with E-state index in [1.165, 1.54) is 30.6 Å². The summed E-state index contributed by atoms with van der Waals surface area (Å²) in [6.07, 6.45) is 1.33. The second kappa shape index (κ2) is 6.77. The molecule has 0 spiro atoms. The highest BCUT2D eigenvalue weighted by atomic mass is 16.5. The Morgan fingerprint density at radius 3 is 2.43 bits per heavy atom. The van der Waals surface area contributed by atoms with Crippen LogP contribution in [0.2, 0.25) is 0 Å². The molecule has 0 saturated carbocycles. The maximum absolute atomic E-state index is 5.82. The summed E-state index contributed by atoms with van der Waals surface area (Å²) < 4.78 is 5.82. The Bertz CT molecular complexity index is 550. The van der Waals surface area contributed by atoms with E-state index in [0.717, 1.165) is 18.2 Å². The first-order chi connectivity index (χ1) is 10.3. The number of hydrogen-bond donors (Lipinski definition) is 0. The van der Waals surface area contributed by atoms with E-state index in [4.69, 9.17) is 4.74 Å². The number of ether oxygens (including phenoxy) is 1. The maximum atomic E-state index is 5.82. The second-order valence-corrected chi connectivity index (χ2v) is 6.05. The summed E-state index contributed by atoms with van der Waals surface area (Å²) in [5, 5.41) is 0. The molecular weight excluding hydrogens is 258 g/mol. The molecule has 0 bridgehead atoms. The molecule has 0 aromatic heterocycles. The third kappa shape index (κ3) is 4.08. The van der Waals surface area contributed by atoms with Gasteiger partial charge < -0.3 is 4.74 Å². The summed E-state index contributed by atoms with van der Waals surface area (Å²) >= 11 is 0. The number of nitrogens with zero attached hydrogens (tertiary/aromatic N) is 1. The molecule has 3 rings (SSSR count). The highest BCUT2D eigenvalue weighted by molar-refractivity contribution is 5.27. The quantitative estimate of drug-likeness (QED) is 0.818. The lowest BCUT2D eigenvalue weighted by Crippen LogP contribution is -2.19. The summed E-state index contributed by atoms with van der Waals surface area (Å²) in [5.41, 5.74) is 2.57. The van der Waals surface area contributed by atoms with Crippen LogP contribution in [0, 0.1) is 5.92 Å². The largest absolute Gasteiger partial charge is 0.489 e. The van der Waals surface area contributed by atoms with Gasteiger partial charge in [-0.2, -0.15) is 0 Å². The molecule has 1 saturated heterocycles. The molecule has 1 atom stereocenters. The first kappa shape index (κ1) is 14.2. The Morgan fingerprint density at radius 2 is 1.76 bits per heavy atom. The van der Waals surface area contributed by atoms with Crippen molar-refractivity contribution in [3.8, 4) is 5.75 Å². The Balaban J connectivity index is 1.52. The summed E-state index contributed by atoms with van der Waals surface area (Å²) in [7, 11) is 0. The third-order valence-corrected chi connectivity index (χ3v) is 4.09. The van der Waals surface area contributed by atoms with Crippen molar-refractivity contribution >= 4 is 0 Å². The summed E-state index contributed by atoms with van der Waals surface area (Å²) in [4.78, 5) is 2.53. The fourth-order valence-electron chi connectivity index (χ4n) is 2.86. The van der Waals surface area contributed by atoms with Crippen LogP contribution < -0.4 is 4.74 Å². The first-order valence-electron chi connectivity index (χ1n) is 7.77. The average molecular weight is 281 g/mol. The van der Waals surface area contributed by atoms with Crippen molar-refractivity contribution in [2.75, 3.05) is 13.1 Å². The van der Waals surface area contributed by atoms with E-state index < -0.39 is 0 Å². The maximum Gasteiger partial charge on any atom is 0.119 e. The highest BCUT2D eigenvalue weighted by Gasteiger charge is 2.18. The van der Waals surface area contributed by atoms with E-state index in [2.05, 4.69) is 48.2 Å². The fourth-order valence-corrected chi connectivity index (χ4v) is 2.86. The molecule has 2 nitrogen and oxygen atoms in total. The predicted molar refractivity (Wildman–Crippen MR) is 86.3 cm³/mol. The van der Waals surface area contributed by atoms with Crippen LogP contribution in [-0.4, -0.2) is 18.0 Å². The van der Waals surface area contributed by atoms with Crippen LogP contribution >= 0.6 is 0 Å². The van der Waals surface area contributed by atoms with E-state index in [1.54, 1.807) is 0 Å². The third-order valence-electron chi connectivity index (χ3n) is 4.09. The highest BCUT2D eigenvalue weighted by Crippen LogP contribution is 2.20. The summed E-state index contributed by atoms with van der Waals surface area (Å²) in [6.45, 7) is 6.48. The van der Waals surface area contributed by atoms with E-state index in [1.807, 2.05) is 18.2 Å². The molecule has 2 heteroatoms. The van der Waals surface area contributed by atoms with Gasteiger partial charge in [-0.1, -0.05) is 49.4 Å². The van der Waals surface area contributed by atoms with E-state index in [9.17, 15) is 0 Å². The van der Waals surface area contributed by atoms with Gasteiger partial charge in [0.1, 0.15) is 12.4 Å². The molecule has 2 aromatic carbocycles. The van der Waals surface area contributed by atoms with Gasteiger partial charge in [0.2, 0.25) is 0 Å². The van der Waals surface area contributed by atoms with Crippen molar-refractivity contribution in [1.82, 2.24) is 4.90 Å². The lowest BCUT2D eigenvalue weighted by Gasteiger charge is -2.15. The van der Waals surface area contributed by atoms with Gasteiger partial charge in [-0.05, 0) is 42.1 Å². The number of rotatable bonds is 5. The van der Waals surface area contributed by atoms with Crippen molar-refractivity contribution in [2.24, 2.45) is 5.92 Å². The van der Waals surface area contributed by atoms with Crippen LogP contribution in [0.15, 0.2) is 54.6 Å². The van der Waals surface area contributed by atoms with Gasteiger partial charge in [-0.25, -0.2) is 0 Å². The zero-order valence-corrected chi connectivity index (χ0v) is 12.7. The zero-order valence-electron chi connectivity index (χ0n) is 12.7. The average Bonchev–Trinajstić information content (AvgIpc) is 2.93. The van der Waals surface area contributed by atoms with Crippen molar-refractivity contribution in [2.45, 2.75) is 26.5 Å². The van der Waals surface area contributed by atoms with Gasteiger partial charge in [0.15, 0.2) is 0 Å². The molecule has 0 radical (unpaired) electrons. The number of hydrogen-bond acceptors (Lipinski definition) is 2. The van der Waals surface area contributed by atoms with Gasteiger partial charge >= 0.3 is 0 Å². The molecule has 0 unspecified atom stereocenters.